The molecule has 0 bridgehead atoms. The van der Waals surface area contributed by atoms with E-state index in [1.807, 2.05) is 0 Å². The molecule has 0 saturated heterocycles. The molecule has 0 aliphatic rings. The molecule has 0 rings (SSSR count). The molecule has 0 amide bonds. The first-order chi connectivity index (χ1) is 4.35. The summed E-state index contributed by atoms with van der Waals surface area (Å²) in [5.74, 6) is 0. The van der Waals surface area contributed by atoms with Gasteiger partial charge in [0.05, 0.1) is 6.20 Å². The van der Waals surface area contributed by atoms with Crippen LogP contribution in [-0.4, -0.2) is 12.9 Å². The Balaban J connectivity index is 4.12. The van der Waals surface area contributed by atoms with Gasteiger partial charge in [-0.3, -0.25) is 9.98 Å². The fourth-order valence-electron chi connectivity index (χ4n) is 0.250. The van der Waals surface area contributed by atoms with E-state index < -0.39 is 0 Å². The van der Waals surface area contributed by atoms with E-state index in [2.05, 4.69) is 16.7 Å². The summed E-state index contributed by atoms with van der Waals surface area (Å²) in [6.45, 7) is 4.93. The molecule has 0 unspecified atom stereocenters. The summed E-state index contributed by atoms with van der Waals surface area (Å²) < 4.78 is 0. The second-order valence-corrected chi connectivity index (χ2v) is 1.19. The van der Waals surface area contributed by atoms with E-state index in [1.54, 1.807) is 19.2 Å². The molecule has 9 heavy (non-hydrogen) atoms. The van der Waals surface area contributed by atoms with Gasteiger partial charge in [-0.15, -0.1) is 0 Å². The topological polar surface area (TPSA) is 48.5 Å². The first-order valence-electron chi connectivity index (χ1n) is 2.40. The largest absolute Gasteiger partial charge is 0.266 e. The van der Waals surface area contributed by atoms with Gasteiger partial charge in [0.1, 0.15) is 6.07 Å². The van der Waals surface area contributed by atoms with Gasteiger partial charge in [-0.2, -0.15) is 5.26 Å². The van der Waals surface area contributed by atoms with Gasteiger partial charge in [-0.25, -0.2) is 0 Å². The highest BCUT2D eigenvalue weighted by atomic mass is 14.8. The van der Waals surface area contributed by atoms with Crippen molar-refractivity contribution in [1.29, 1.82) is 5.26 Å². The Morgan fingerprint density at radius 2 is 2.44 bits per heavy atom. The lowest BCUT2D eigenvalue weighted by molar-refractivity contribution is 1.35. The third-order valence-electron chi connectivity index (χ3n) is 0.631. The molecule has 0 radical (unpaired) electrons. The Hall–Kier alpha value is -1.43. The molecule has 0 heterocycles. The monoisotopic (exact) mass is 121 g/mol. The Kier molecular flexibility index (Phi) is 3.97. The lowest BCUT2D eigenvalue weighted by atomic mass is 10.5. The van der Waals surface area contributed by atoms with Crippen LogP contribution in [0.4, 0.5) is 0 Å². The number of hydrogen-bond donors (Lipinski definition) is 0. The molecule has 0 aromatic heterocycles. The van der Waals surface area contributed by atoms with Gasteiger partial charge in [0.25, 0.3) is 0 Å². The zero-order valence-corrected chi connectivity index (χ0v) is 5.20. The van der Waals surface area contributed by atoms with Crippen molar-refractivity contribution in [2.75, 3.05) is 0 Å². The van der Waals surface area contributed by atoms with Crippen molar-refractivity contribution in [3.8, 4) is 6.07 Å². The standard InChI is InChI=1S/C6H7N3/c1-3-9-5-6(4-7)8-2/h3,5H,2H2,1H3/b6-5-,9-3-. The number of aliphatic imine (C=N–C) groups is 2. The maximum atomic E-state index is 8.23. The molecule has 0 aliphatic carbocycles. The Morgan fingerprint density at radius 3 is 2.78 bits per heavy atom. The summed E-state index contributed by atoms with van der Waals surface area (Å²) in [6.07, 6.45) is 2.93. The van der Waals surface area contributed by atoms with Gasteiger partial charge < -0.3 is 0 Å². The molecular formula is C6H7N3. The van der Waals surface area contributed by atoms with Crippen LogP contribution >= 0.6 is 0 Å². The molecular weight excluding hydrogens is 114 g/mol. The molecule has 0 aliphatic heterocycles. The van der Waals surface area contributed by atoms with Crippen LogP contribution in [0.5, 0.6) is 0 Å². The zero-order chi connectivity index (χ0) is 7.11. The summed E-state index contributed by atoms with van der Waals surface area (Å²) in [6, 6.07) is 1.80. The van der Waals surface area contributed by atoms with Gasteiger partial charge in [-0.05, 0) is 13.6 Å². The van der Waals surface area contributed by atoms with Crippen LogP contribution in [-0.2, 0) is 0 Å². The van der Waals surface area contributed by atoms with Gasteiger partial charge in [0.15, 0.2) is 5.70 Å². The quantitative estimate of drug-likeness (QED) is 0.399. The lowest BCUT2D eigenvalue weighted by Crippen LogP contribution is -1.67. The minimum Gasteiger partial charge on any atom is -0.266 e. The van der Waals surface area contributed by atoms with Gasteiger partial charge in [-0.1, -0.05) is 0 Å². The van der Waals surface area contributed by atoms with Crippen LogP contribution in [0.1, 0.15) is 6.92 Å². The summed E-state index contributed by atoms with van der Waals surface area (Å²) in [5.41, 5.74) is 0.230. The number of nitrogens with zero attached hydrogens (tertiary/aromatic N) is 3. The number of hydrogen-bond acceptors (Lipinski definition) is 3. The molecule has 0 spiro atoms. The van der Waals surface area contributed by atoms with Crippen LogP contribution in [0.15, 0.2) is 21.9 Å². The van der Waals surface area contributed by atoms with E-state index >= 15 is 0 Å². The van der Waals surface area contributed by atoms with E-state index in [0.717, 1.165) is 0 Å². The van der Waals surface area contributed by atoms with Crippen LogP contribution in [0.3, 0.4) is 0 Å². The van der Waals surface area contributed by atoms with E-state index in [9.17, 15) is 0 Å². The second-order valence-electron chi connectivity index (χ2n) is 1.19. The lowest BCUT2D eigenvalue weighted by Gasteiger charge is -1.78. The van der Waals surface area contributed by atoms with Gasteiger partial charge in [0, 0.05) is 6.21 Å². The predicted octanol–water partition coefficient (Wildman–Crippen LogP) is 1.14. The van der Waals surface area contributed by atoms with Crippen LogP contribution in [0.25, 0.3) is 0 Å². The van der Waals surface area contributed by atoms with E-state index in [4.69, 9.17) is 5.26 Å². The smallest absolute Gasteiger partial charge is 0.158 e. The van der Waals surface area contributed by atoms with Crippen molar-refractivity contribution in [2.45, 2.75) is 6.92 Å². The summed E-state index contributed by atoms with van der Waals surface area (Å²) in [4.78, 5) is 7.05. The predicted molar refractivity (Wildman–Crippen MR) is 37.4 cm³/mol. The first kappa shape index (κ1) is 7.57. The zero-order valence-electron chi connectivity index (χ0n) is 5.20. The Bertz CT molecular complexity index is 183. The molecule has 3 heteroatoms. The molecule has 0 aromatic rings. The highest BCUT2D eigenvalue weighted by Gasteiger charge is 1.81. The summed E-state index contributed by atoms with van der Waals surface area (Å²) in [5, 5.41) is 8.23. The molecule has 0 aromatic carbocycles. The number of rotatable bonds is 2. The summed E-state index contributed by atoms with van der Waals surface area (Å²) >= 11 is 0. The molecule has 0 fully saturated rings. The van der Waals surface area contributed by atoms with Crippen molar-refractivity contribution >= 4 is 12.9 Å². The van der Waals surface area contributed by atoms with Crippen molar-refractivity contribution in [1.82, 2.24) is 0 Å². The number of allylic oxidation sites excluding steroid dienone is 1. The maximum absolute atomic E-state index is 8.23. The maximum Gasteiger partial charge on any atom is 0.158 e. The van der Waals surface area contributed by atoms with Crippen LogP contribution in [0.2, 0.25) is 0 Å². The highest BCUT2D eigenvalue weighted by molar-refractivity contribution is 5.54. The Labute approximate surface area is 54.1 Å². The van der Waals surface area contributed by atoms with E-state index in [0.29, 0.717) is 0 Å². The molecule has 46 valence electrons. The highest BCUT2D eigenvalue weighted by Crippen LogP contribution is 1.90. The third-order valence-corrected chi connectivity index (χ3v) is 0.631. The number of nitriles is 1. The van der Waals surface area contributed by atoms with Gasteiger partial charge in [0.2, 0.25) is 0 Å². The molecule has 0 N–H and O–H groups in total. The average molecular weight is 121 g/mol. The molecule has 0 atom stereocenters. The first-order valence-corrected chi connectivity index (χ1v) is 2.40. The fraction of sp³-hybridized carbons (Fsp3) is 0.167. The SMILES string of the molecule is C=N/C(C#N)=C\N=C/C. The van der Waals surface area contributed by atoms with Gasteiger partial charge >= 0.3 is 0 Å². The average Bonchev–Trinajstić information content (AvgIpc) is 1.91. The minimum absolute atomic E-state index is 0.230. The third kappa shape index (κ3) is 3.18. The minimum atomic E-state index is 0.230. The van der Waals surface area contributed by atoms with Crippen molar-refractivity contribution in [2.24, 2.45) is 9.98 Å². The van der Waals surface area contributed by atoms with Crippen LogP contribution < -0.4 is 0 Å². The van der Waals surface area contributed by atoms with Crippen molar-refractivity contribution in [3.05, 3.63) is 11.9 Å². The normalized spacial score (nSPS) is 11.3. The summed E-state index contributed by atoms with van der Waals surface area (Å²) in [7, 11) is 0. The fourth-order valence-corrected chi connectivity index (χ4v) is 0.250. The molecule has 0 saturated carbocycles. The van der Waals surface area contributed by atoms with E-state index in [-0.39, 0.29) is 5.70 Å². The Morgan fingerprint density at radius 1 is 1.78 bits per heavy atom. The second kappa shape index (κ2) is 4.72. The van der Waals surface area contributed by atoms with E-state index in [1.165, 1.54) is 6.20 Å². The van der Waals surface area contributed by atoms with Crippen molar-refractivity contribution in [3.63, 3.8) is 0 Å². The van der Waals surface area contributed by atoms with Crippen LogP contribution in [0, 0.1) is 11.3 Å². The van der Waals surface area contributed by atoms with Crippen molar-refractivity contribution < 1.29 is 0 Å². The molecule has 3 nitrogen and oxygen atoms in total.